The number of rotatable bonds is 3. The van der Waals surface area contributed by atoms with Crippen LogP contribution in [0.4, 0.5) is 4.39 Å². The summed E-state index contributed by atoms with van der Waals surface area (Å²) in [6, 6.07) is 7.64. The number of phenols is 1. The molecule has 15 heavy (non-hydrogen) atoms. The molecule has 0 radical (unpaired) electrons. The average molecular weight is 206 g/mol. The lowest BCUT2D eigenvalue weighted by atomic mass is 10.2. The lowest BCUT2D eigenvalue weighted by molar-refractivity contribution is 0.465. The van der Waals surface area contributed by atoms with Gasteiger partial charge in [0, 0.05) is 18.0 Å². The predicted molar refractivity (Wildman–Crippen MR) is 55.6 cm³/mol. The third kappa shape index (κ3) is 2.28. The lowest BCUT2D eigenvalue weighted by Crippen LogP contribution is -2.11. The highest BCUT2D eigenvalue weighted by Crippen LogP contribution is 2.17. The van der Waals surface area contributed by atoms with E-state index in [1.807, 2.05) is 24.5 Å². The second kappa shape index (κ2) is 4.04. The molecule has 0 aliphatic heterocycles. The first-order chi connectivity index (χ1) is 7.25. The van der Waals surface area contributed by atoms with Crippen LogP contribution in [0.25, 0.3) is 0 Å². The van der Waals surface area contributed by atoms with E-state index in [4.69, 9.17) is 0 Å². The van der Waals surface area contributed by atoms with Gasteiger partial charge >= 0.3 is 0 Å². The number of nitrogens with zero attached hydrogens (tertiary/aromatic N) is 1. The molecular formula is C11H11FN2O. The predicted octanol–water partition coefficient (Wildman–Crippen LogP) is 2.08. The van der Waals surface area contributed by atoms with E-state index in [-0.39, 0.29) is 11.6 Å². The van der Waals surface area contributed by atoms with Gasteiger partial charge in [-0.15, -0.1) is 0 Å². The number of hydrogen-bond donors (Lipinski definition) is 2. The molecule has 1 heterocycles. The van der Waals surface area contributed by atoms with Crippen molar-refractivity contribution in [3.05, 3.63) is 54.1 Å². The second-order valence-electron chi connectivity index (χ2n) is 3.20. The minimum atomic E-state index is -0.350. The molecule has 0 atom stereocenters. The van der Waals surface area contributed by atoms with Gasteiger partial charge in [-0.25, -0.2) is 4.39 Å². The van der Waals surface area contributed by atoms with Crippen molar-refractivity contribution in [3.63, 3.8) is 0 Å². The Labute approximate surface area is 86.8 Å². The van der Waals surface area contributed by atoms with Crippen LogP contribution in [-0.2, 0) is 6.54 Å². The number of nitrogens with one attached hydrogen (secondary N) is 1. The summed E-state index contributed by atoms with van der Waals surface area (Å²) in [6.07, 6.45) is 3.66. The maximum absolute atomic E-state index is 12.9. The van der Waals surface area contributed by atoms with Gasteiger partial charge < -0.3 is 10.5 Å². The van der Waals surface area contributed by atoms with Crippen molar-refractivity contribution in [3.8, 4) is 5.75 Å². The molecule has 1 aromatic heterocycles. The van der Waals surface area contributed by atoms with E-state index in [9.17, 15) is 9.50 Å². The number of hydrogen-bond acceptors (Lipinski definition) is 2. The van der Waals surface area contributed by atoms with E-state index in [0.29, 0.717) is 12.1 Å². The quantitative estimate of drug-likeness (QED) is 0.806. The highest BCUT2D eigenvalue weighted by atomic mass is 19.1. The molecule has 4 heteroatoms. The van der Waals surface area contributed by atoms with Gasteiger partial charge in [-0.1, -0.05) is 0 Å². The van der Waals surface area contributed by atoms with Crippen LogP contribution in [0.5, 0.6) is 5.75 Å². The van der Waals surface area contributed by atoms with E-state index < -0.39 is 0 Å². The topological polar surface area (TPSA) is 37.2 Å². The fraction of sp³-hybridized carbons (Fsp3) is 0.0909. The zero-order chi connectivity index (χ0) is 10.7. The van der Waals surface area contributed by atoms with Crippen molar-refractivity contribution < 1.29 is 9.50 Å². The Bertz CT molecular complexity index is 440. The van der Waals surface area contributed by atoms with Gasteiger partial charge in [0.25, 0.3) is 0 Å². The summed E-state index contributed by atoms with van der Waals surface area (Å²) in [5, 5.41) is 9.45. The maximum Gasteiger partial charge on any atom is 0.123 e. The number of aromatic hydroxyl groups is 1. The molecule has 1 aromatic carbocycles. The number of aromatic nitrogens is 1. The smallest absolute Gasteiger partial charge is 0.123 e. The van der Waals surface area contributed by atoms with Crippen LogP contribution in [-0.4, -0.2) is 9.78 Å². The van der Waals surface area contributed by atoms with Gasteiger partial charge in [-0.05, 0) is 30.3 Å². The van der Waals surface area contributed by atoms with Crippen molar-refractivity contribution in [1.29, 1.82) is 0 Å². The summed E-state index contributed by atoms with van der Waals surface area (Å²) in [5.41, 5.74) is 3.53. The monoisotopic (exact) mass is 206 g/mol. The average Bonchev–Trinajstić information content (AvgIpc) is 2.72. The highest BCUT2D eigenvalue weighted by Gasteiger charge is 2.01. The van der Waals surface area contributed by atoms with Crippen molar-refractivity contribution in [2.75, 3.05) is 5.43 Å². The molecular weight excluding hydrogens is 195 g/mol. The van der Waals surface area contributed by atoms with Gasteiger partial charge in [-0.2, -0.15) is 0 Å². The molecule has 0 fully saturated rings. The van der Waals surface area contributed by atoms with Crippen LogP contribution in [0.2, 0.25) is 0 Å². The molecule has 0 saturated carbocycles. The molecule has 0 bridgehead atoms. The summed E-state index contributed by atoms with van der Waals surface area (Å²) >= 11 is 0. The molecule has 78 valence electrons. The van der Waals surface area contributed by atoms with E-state index >= 15 is 0 Å². The first-order valence-electron chi connectivity index (χ1n) is 4.60. The molecule has 2 aromatic rings. The molecule has 0 aliphatic rings. The molecule has 3 nitrogen and oxygen atoms in total. The third-order valence-electron chi connectivity index (χ3n) is 2.10. The highest BCUT2D eigenvalue weighted by molar-refractivity contribution is 5.33. The zero-order valence-electron chi connectivity index (χ0n) is 8.02. The van der Waals surface area contributed by atoms with Crippen LogP contribution in [0.1, 0.15) is 5.56 Å². The van der Waals surface area contributed by atoms with Gasteiger partial charge in [-0.3, -0.25) is 4.68 Å². The first kappa shape index (κ1) is 9.58. The summed E-state index contributed by atoms with van der Waals surface area (Å²) in [6.45, 7) is 0.373. The normalized spacial score (nSPS) is 10.2. The van der Waals surface area contributed by atoms with Crippen LogP contribution < -0.4 is 5.43 Å². The molecule has 0 saturated heterocycles. The van der Waals surface area contributed by atoms with Crippen LogP contribution in [0, 0.1) is 5.82 Å². The minimum Gasteiger partial charge on any atom is -0.508 e. The van der Waals surface area contributed by atoms with Crippen LogP contribution in [0.3, 0.4) is 0 Å². The Kier molecular flexibility index (Phi) is 2.58. The van der Waals surface area contributed by atoms with Crippen molar-refractivity contribution in [2.24, 2.45) is 0 Å². The van der Waals surface area contributed by atoms with Crippen LogP contribution in [0.15, 0.2) is 42.7 Å². The van der Waals surface area contributed by atoms with Crippen molar-refractivity contribution in [2.45, 2.75) is 6.54 Å². The van der Waals surface area contributed by atoms with E-state index in [1.165, 1.54) is 18.2 Å². The fourth-order valence-electron chi connectivity index (χ4n) is 1.31. The molecule has 0 aliphatic carbocycles. The van der Waals surface area contributed by atoms with E-state index in [0.717, 1.165) is 0 Å². The van der Waals surface area contributed by atoms with E-state index in [1.54, 1.807) is 4.68 Å². The molecule has 2 N–H and O–H groups in total. The molecule has 0 spiro atoms. The Morgan fingerprint density at radius 3 is 2.73 bits per heavy atom. The molecule has 0 amide bonds. The standard InChI is InChI=1S/C11H11FN2O/c12-10-3-4-11(15)9(7-10)8-13-14-5-1-2-6-14/h1-7,13,15H,8H2. The fourth-order valence-corrected chi connectivity index (χ4v) is 1.31. The summed E-state index contributed by atoms with van der Waals surface area (Å²) in [7, 11) is 0. The number of benzene rings is 1. The Balaban J connectivity index is 2.07. The van der Waals surface area contributed by atoms with Crippen molar-refractivity contribution in [1.82, 2.24) is 4.68 Å². The van der Waals surface area contributed by atoms with Gasteiger partial charge in [0.15, 0.2) is 0 Å². The van der Waals surface area contributed by atoms with Gasteiger partial charge in [0.05, 0.1) is 6.54 Å². The van der Waals surface area contributed by atoms with Gasteiger partial charge in [0.1, 0.15) is 11.6 Å². The summed E-state index contributed by atoms with van der Waals surface area (Å²) in [4.78, 5) is 0. The second-order valence-corrected chi connectivity index (χ2v) is 3.20. The van der Waals surface area contributed by atoms with Crippen LogP contribution >= 0.6 is 0 Å². The maximum atomic E-state index is 12.9. The van der Waals surface area contributed by atoms with Gasteiger partial charge in [0.2, 0.25) is 0 Å². The van der Waals surface area contributed by atoms with E-state index in [2.05, 4.69) is 5.43 Å². The lowest BCUT2D eigenvalue weighted by Gasteiger charge is -2.08. The number of phenolic OH excluding ortho intramolecular Hbond substituents is 1. The Hall–Kier alpha value is -1.97. The molecule has 0 unspecified atom stereocenters. The SMILES string of the molecule is Oc1ccc(F)cc1CNn1cccc1. The summed E-state index contributed by atoms with van der Waals surface area (Å²) < 4.78 is 14.6. The first-order valence-corrected chi connectivity index (χ1v) is 4.60. The zero-order valence-corrected chi connectivity index (χ0v) is 8.02. The largest absolute Gasteiger partial charge is 0.508 e. The third-order valence-corrected chi connectivity index (χ3v) is 2.10. The minimum absolute atomic E-state index is 0.0936. The Morgan fingerprint density at radius 1 is 1.27 bits per heavy atom. The molecule has 2 rings (SSSR count). The number of halogens is 1. The summed E-state index contributed by atoms with van der Waals surface area (Å²) in [5.74, 6) is -0.256. The van der Waals surface area contributed by atoms with Crippen molar-refractivity contribution >= 4 is 0 Å². The Morgan fingerprint density at radius 2 is 2.00 bits per heavy atom.